The number of amides is 1. The predicted octanol–water partition coefficient (Wildman–Crippen LogP) is 18.4. The van der Waals surface area contributed by atoms with Gasteiger partial charge in [0.2, 0.25) is 5.91 Å². The highest BCUT2D eigenvalue weighted by atomic mass is 16.7. The van der Waals surface area contributed by atoms with E-state index >= 15 is 0 Å². The van der Waals surface area contributed by atoms with Crippen molar-refractivity contribution in [3.05, 3.63) is 122 Å². The summed E-state index contributed by atoms with van der Waals surface area (Å²) in [4.78, 5) is 13.4. The van der Waals surface area contributed by atoms with Crippen molar-refractivity contribution < 1.29 is 64.6 Å². The maximum atomic E-state index is 13.4. The van der Waals surface area contributed by atoms with Crippen LogP contribution >= 0.6 is 0 Å². The second-order valence-corrected chi connectivity index (χ2v) is 27.8. The molecule has 0 saturated carbocycles. The summed E-state index contributed by atoms with van der Waals surface area (Å²) in [6.45, 7) is 2.69. The van der Waals surface area contributed by atoms with E-state index in [0.29, 0.717) is 12.8 Å². The van der Waals surface area contributed by atoms with Crippen LogP contribution in [0.1, 0.15) is 316 Å². The van der Waals surface area contributed by atoms with Crippen LogP contribution in [0.5, 0.6) is 0 Å². The van der Waals surface area contributed by atoms with E-state index in [1.165, 1.54) is 186 Å². The van der Waals surface area contributed by atoms with Crippen LogP contribution in [-0.4, -0.2) is 140 Å². The summed E-state index contributed by atoms with van der Waals surface area (Å²) in [5, 5.41) is 87.7. The molecule has 2 heterocycles. The summed E-state index contributed by atoms with van der Waals surface area (Å²) >= 11 is 0. The van der Waals surface area contributed by atoms with Crippen LogP contribution in [0.4, 0.5) is 0 Å². The zero-order chi connectivity index (χ0) is 71.5. The van der Waals surface area contributed by atoms with E-state index in [0.717, 1.165) is 96.3 Å². The van der Waals surface area contributed by atoms with Crippen LogP contribution in [0.2, 0.25) is 0 Å². The Balaban J connectivity index is 1.65. The molecule has 0 spiro atoms. The number of carbonyl (C=O) groups excluding carboxylic acids is 1. The Kier molecular flexibility index (Phi) is 62.4. The molecule has 14 heteroatoms. The van der Waals surface area contributed by atoms with Crippen molar-refractivity contribution in [2.24, 2.45) is 0 Å². The third-order valence-electron chi connectivity index (χ3n) is 18.9. The normalized spacial score (nSPS) is 22.6. The van der Waals surface area contributed by atoms with Gasteiger partial charge in [-0.05, 0) is 103 Å². The monoisotopic (exact) mass is 1390 g/mol. The Morgan fingerprint density at radius 3 is 1.11 bits per heavy atom. The predicted molar refractivity (Wildman–Crippen MR) is 410 cm³/mol. The average molecular weight is 1390 g/mol. The number of unbranched alkanes of at least 4 members (excludes halogenated alkanes) is 35. The smallest absolute Gasteiger partial charge is 0.220 e. The number of rotatable bonds is 66. The fourth-order valence-electron chi connectivity index (χ4n) is 12.5. The lowest BCUT2D eigenvalue weighted by Gasteiger charge is -2.46. The molecule has 2 aliphatic heterocycles. The Bertz CT molecular complexity index is 2130. The minimum Gasteiger partial charge on any atom is -0.394 e. The van der Waals surface area contributed by atoms with Crippen LogP contribution in [0.25, 0.3) is 0 Å². The molecule has 9 N–H and O–H groups in total. The first-order valence-corrected chi connectivity index (χ1v) is 40.3. The first kappa shape index (κ1) is 91.5. The van der Waals surface area contributed by atoms with Gasteiger partial charge in [-0.2, -0.15) is 0 Å². The average Bonchev–Trinajstić information content (AvgIpc) is 0.793. The number of aliphatic hydroxyl groups is 8. The van der Waals surface area contributed by atoms with Gasteiger partial charge in [0.05, 0.1) is 32.0 Å². The molecule has 2 fully saturated rings. The molecule has 0 bridgehead atoms. The van der Waals surface area contributed by atoms with E-state index in [4.69, 9.17) is 18.9 Å². The van der Waals surface area contributed by atoms with Gasteiger partial charge in [-0.15, -0.1) is 0 Å². The molecule has 14 nitrogen and oxygen atoms in total. The zero-order valence-electron chi connectivity index (χ0n) is 62.4. The lowest BCUT2D eigenvalue weighted by Crippen LogP contribution is -2.65. The fraction of sp³-hybridized carbons (Fsp3) is 0.753. The summed E-state index contributed by atoms with van der Waals surface area (Å²) in [6, 6.07) is -0.950. The largest absolute Gasteiger partial charge is 0.394 e. The number of allylic oxidation sites excluding steroid dienone is 19. The second-order valence-electron chi connectivity index (χ2n) is 27.8. The second kappa shape index (κ2) is 67.6. The van der Waals surface area contributed by atoms with Crippen LogP contribution < -0.4 is 5.32 Å². The minimum absolute atomic E-state index is 0.259. The molecule has 12 atom stereocenters. The van der Waals surface area contributed by atoms with Crippen molar-refractivity contribution in [3.8, 4) is 0 Å². The van der Waals surface area contributed by atoms with Gasteiger partial charge < -0.3 is 65.1 Å². The third kappa shape index (κ3) is 50.4. The molecule has 0 aromatic carbocycles. The molecule has 99 heavy (non-hydrogen) atoms. The van der Waals surface area contributed by atoms with Crippen LogP contribution in [-0.2, 0) is 23.7 Å². The molecule has 12 unspecified atom stereocenters. The summed E-state index contributed by atoms with van der Waals surface area (Å²) in [5.41, 5.74) is 0. The number of aliphatic hydroxyl groups excluding tert-OH is 8. The van der Waals surface area contributed by atoms with Gasteiger partial charge in [0, 0.05) is 6.42 Å². The van der Waals surface area contributed by atoms with Crippen LogP contribution in [0, 0.1) is 0 Å². The van der Waals surface area contributed by atoms with E-state index in [9.17, 15) is 45.6 Å². The standard InChI is InChI=1S/C85H147NO13/c1-3-5-7-9-11-13-15-17-19-21-23-25-27-29-31-33-35-37-39-41-43-45-47-49-51-53-55-57-59-61-63-65-67-69-77(90)86-73(72-96-84-82(95)80(93)83(76(71-88)98-84)99-85-81(94)79(92)78(91)75(70-87)97-85)74(89)68-66-64-62-60-58-56-54-52-50-48-46-44-42-40-38-36-34-32-30-28-26-24-22-20-18-16-14-12-10-8-6-4-2/h5,7,11,13,17,19,23,25,29,31,35,37,41,43,50,52,58,60,66,68,73-76,78-85,87-89,91-95H,3-4,6,8-10,12,14-16,18,20-22,24,26-28,30,32-34,36,38-40,42,44-49,51,53-57,59,61-65,67,69-72H2,1-2H3,(H,86,90)/b7-5-,13-11-,19-17-,25-23-,31-29-,37-35-,43-41-,52-50+,60-58+,68-66+. The number of nitrogens with one attached hydrogen (secondary N) is 1. The Morgan fingerprint density at radius 2 is 0.707 bits per heavy atom. The summed E-state index contributed by atoms with van der Waals surface area (Å²) in [7, 11) is 0. The van der Waals surface area contributed by atoms with Gasteiger partial charge in [-0.3, -0.25) is 4.79 Å². The summed E-state index contributed by atoms with van der Waals surface area (Å²) < 4.78 is 22.9. The van der Waals surface area contributed by atoms with Gasteiger partial charge in [-0.1, -0.05) is 328 Å². The molecular formula is C85H147NO13. The van der Waals surface area contributed by atoms with Crippen molar-refractivity contribution in [2.45, 2.75) is 389 Å². The first-order valence-electron chi connectivity index (χ1n) is 40.3. The van der Waals surface area contributed by atoms with E-state index in [1.807, 2.05) is 6.08 Å². The Labute approximate surface area is 603 Å². The summed E-state index contributed by atoms with van der Waals surface area (Å²) in [5.74, 6) is -0.259. The number of hydrogen-bond donors (Lipinski definition) is 9. The molecule has 2 saturated heterocycles. The zero-order valence-corrected chi connectivity index (χ0v) is 62.4. The van der Waals surface area contributed by atoms with Crippen molar-refractivity contribution in [3.63, 3.8) is 0 Å². The van der Waals surface area contributed by atoms with Crippen molar-refractivity contribution in [2.75, 3.05) is 19.8 Å². The fourth-order valence-corrected chi connectivity index (χ4v) is 12.5. The lowest BCUT2D eigenvalue weighted by atomic mass is 9.97. The number of hydrogen-bond acceptors (Lipinski definition) is 13. The SMILES string of the molecule is CC/C=C\C/C=C\C/C=C\C/C=C\C/C=C\C/C=C\C/C=C\CCCCCCCCCCCCCC(=O)NC(COC1OC(CO)C(OC2OC(CO)C(O)C(O)C2O)C(O)C1O)C(O)/C=C/CC/C=C/CC/C=C/CCCCCCCCCCCCCCCCCCCCCCCC. The highest BCUT2D eigenvalue weighted by molar-refractivity contribution is 5.76. The van der Waals surface area contributed by atoms with E-state index in [2.05, 4.69) is 129 Å². The molecule has 2 aliphatic rings. The van der Waals surface area contributed by atoms with Gasteiger partial charge in [0.1, 0.15) is 48.8 Å². The highest BCUT2D eigenvalue weighted by Crippen LogP contribution is 2.30. The van der Waals surface area contributed by atoms with Crippen molar-refractivity contribution >= 4 is 5.91 Å². The quantitative estimate of drug-likeness (QED) is 0.0204. The van der Waals surface area contributed by atoms with Gasteiger partial charge in [-0.25, -0.2) is 0 Å². The van der Waals surface area contributed by atoms with Crippen LogP contribution in [0.15, 0.2) is 122 Å². The van der Waals surface area contributed by atoms with E-state index < -0.39 is 86.8 Å². The van der Waals surface area contributed by atoms with Crippen molar-refractivity contribution in [1.82, 2.24) is 5.32 Å². The van der Waals surface area contributed by atoms with Crippen molar-refractivity contribution in [1.29, 1.82) is 0 Å². The maximum Gasteiger partial charge on any atom is 0.220 e. The van der Waals surface area contributed by atoms with Gasteiger partial charge in [0.15, 0.2) is 12.6 Å². The molecule has 1 amide bonds. The minimum atomic E-state index is -1.80. The van der Waals surface area contributed by atoms with Gasteiger partial charge >= 0.3 is 0 Å². The summed E-state index contributed by atoms with van der Waals surface area (Å²) in [6.07, 6.45) is 82.8. The molecule has 0 aliphatic carbocycles. The van der Waals surface area contributed by atoms with Crippen LogP contribution in [0.3, 0.4) is 0 Å². The lowest BCUT2D eigenvalue weighted by molar-refractivity contribution is -0.359. The van der Waals surface area contributed by atoms with E-state index in [-0.39, 0.29) is 18.9 Å². The number of ether oxygens (including phenoxy) is 4. The number of carbonyl (C=O) groups is 1. The molecule has 570 valence electrons. The molecule has 2 rings (SSSR count). The topological polar surface area (TPSA) is 228 Å². The highest BCUT2D eigenvalue weighted by Gasteiger charge is 2.51. The first-order chi connectivity index (χ1) is 48.6. The Morgan fingerprint density at radius 1 is 0.374 bits per heavy atom. The molecule has 0 radical (unpaired) electrons. The van der Waals surface area contributed by atoms with E-state index in [1.54, 1.807) is 6.08 Å². The third-order valence-corrected chi connectivity index (χ3v) is 18.9. The molecular weight excluding hydrogens is 1240 g/mol. The Hall–Kier alpha value is -3.61. The maximum absolute atomic E-state index is 13.4. The van der Waals surface area contributed by atoms with Gasteiger partial charge in [0.25, 0.3) is 0 Å². The molecule has 0 aromatic rings. The molecule has 0 aromatic heterocycles.